The fraction of sp³-hybridized carbons (Fsp3) is 0.968. The minimum Gasteiger partial charge on any atom is -0.462 e. The van der Waals surface area contributed by atoms with E-state index in [0.29, 0.717) is 28.5 Å². The number of quaternary nitrogens is 2. The molecule has 46 heavy (non-hydrogen) atoms. The normalized spacial score (nSPS) is 16.5. The smallest absolute Gasteiger partial charge is 0.462 e. The van der Waals surface area contributed by atoms with Crippen LogP contribution in [-0.4, -0.2) is 117 Å². The topological polar surface area (TPSA) is 138 Å². The molecule has 2 N–H and O–H groups in total. The largest absolute Gasteiger partial charge is 0.472 e. The van der Waals surface area contributed by atoms with Gasteiger partial charge in [0, 0.05) is 0 Å². The summed E-state index contributed by atoms with van der Waals surface area (Å²) in [6.45, 7) is 1.89. The number of ether oxygens (including phenoxy) is 1. The number of carbonyl (C=O) groups excluding carboxylic acids is 1. The summed E-state index contributed by atoms with van der Waals surface area (Å²) in [4.78, 5) is 32.4. The van der Waals surface area contributed by atoms with Crippen LogP contribution in [0.15, 0.2) is 0 Å². The summed E-state index contributed by atoms with van der Waals surface area (Å²) in [5.74, 6) is -0.562. The average molecular weight is 770 g/mol. The summed E-state index contributed by atoms with van der Waals surface area (Å²) >= 11 is 3.38. The van der Waals surface area contributed by atoms with E-state index in [9.17, 15) is 23.7 Å². The first kappa shape index (κ1) is 46.1. The van der Waals surface area contributed by atoms with E-state index in [-0.39, 0.29) is 13.2 Å². The van der Waals surface area contributed by atoms with Crippen molar-refractivity contribution >= 4 is 37.5 Å². The molecule has 3 unspecified atom stereocenters. The number of unbranched alkanes of at least 4 members (excludes halogenated alkanes) is 13. The van der Waals surface area contributed by atoms with Gasteiger partial charge in [-0.25, -0.2) is 9.13 Å². The molecule has 12 nitrogen and oxygen atoms in total. The number of alkyl halides is 1. The number of hydrogen-bond donors (Lipinski definition) is 2. The highest BCUT2D eigenvalue weighted by Crippen LogP contribution is 2.47. The lowest BCUT2D eigenvalue weighted by Gasteiger charge is -2.26. The first-order valence-electron chi connectivity index (χ1n) is 17.0. The summed E-state index contributed by atoms with van der Waals surface area (Å²) < 4.78 is 51.6. The van der Waals surface area contributed by atoms with Crippen molar-refractivity contribution in [2.75, 3.05) is 81.8 Å². The maximum Gasteiger partial charge on any atom is 0.472 e. The second-order valence-electron chi connectivity index (χ2n) is 14.1. The van der Waals surface area contributed by atoms with E-state index in [2.05, 4.69) is 22.9 Å². The number of phosphoric ester groups is 2. The molecule has 0 aromatic heterocycles. The van der Waals surface area contributed by atoms with Crippen molar-refractivity contribution in [1.82, 2.24) is 0 Å². The lowest BCUT2D eigenvalue weighted by atomic mass is 10.0. The van der Waals surface area contributed by atoms with E-state index in [1.165, 1.54) is 70.6 Å². The van der Waals surface area contributed by atoms with Gasteiger partial charge in [0.25, 0.3) is 0 Å². The molecule has 15 heteroatoms. The number of rotatable bonds is 31. The van der Waals surface area contributed by atoms with Crippen LogP contribution in [0.4, 0.5) is 0 Å². The molecule has 0 saturated heterocycles. The van der Waals surface area contributed by atoms with E-state index in [0.717, 1.165) is 19.3 Å². The Bertz CT molecular complexity index is 886. The fourth-order valence-electron chi connectivity index (χ4n) is 4.30. The zero-order valence-electron chi connectivity index (χ0n) is 29.8. The minimum absolute atomic E-state index is 0.0467. The standard InChI is InChI=1S/C31H65BrN2O10P2/c1-8-9-10-11-12-13-14-15-16-17-18-19-20-21-22-30(32)31(35)40-27-29(44-46(38,39)42-26-24-34(5,6)7)28-43-45(36,37)41-25-23-33(2,3)4/h29-30H,8-28H2,1-7H3/p+2/t29-,30?/m1/s1. The van der Waals surface area contributed by atoms with E-state index in [1.807, 2.05) is 42.3 Å². The molecule has 0 saturated carbocycles. The van der Waals surface area contributed by atoms with Gasteiger partial charge in [0.2, 0.25) is 0 Å². The summed E-state index contributed by atoms with van der Waals surface area (Å²) in [6.07, 6.45) is 16.7. The molecule has 0 aliphatic carbocycles. The molecule has 0 heterocycles. The molecule has 0 bridgehead atoms. The number of esters is 1. The van der Waals surface area contributed by atoms with Gasteiger partial charge in [-0.2, -0.15) is 0 Å². The van der Waals surface area contributed by atoms with E-state index in [4.69, 9.17) is 22.8 Å². The Balaban J connectivity index is 4.59. The first-order chi connectivity index (χ1) is 21.4. The summed E-state index contributed by atoms with van der Waals surface area (Å²) in [5, 5.41) is 0. The van der Waals surface area contributed by atoms with Crippen molar-refractivity contribution in [3.05, 3.63) is 0 Å². The fourth-order valence-corrected chi connectivity index (χ4v) is 6.37. The maximum absolute atomic E-state index is 12.6. The molecule has 0 aliphatic rings. The Hall–Kier alpha value is 0.0900. The van der Waals surface area contributed by atoms with Crippen molar-refractivity contribution in [3.8, 4) is 0 Å². The summed E-state index contributed by atoms with van der Waals surface area (Å²) in [5.41, 5.74) is 0. The third-order valence-electron chi connectivity index (χ3n) is 7.22. The highest BCUT2D eigenvalue weighted by atomic mass is 79.9. The van der Waals surface area contributed by atoms with Crippen LogP contribution in [0.5, 0.6) is 0 Å². The molecule has 4 atom stereocenters. The number of nitrogens with zero attached hydrogens (tertiary/aromatic N) is 2. The Kier molecular flexibility index (Phi) is 25.2. The molecule has 276 valence electrons. The number of halogens is 1. The second-order valence-corrected chi connectivity index (χ2v) is 18.1. The molecular weight excluding hydrogens is 702 g/mol. The van der Waals surface area contributed by atoms with Gasteiger partial charge in [-0.1, -0.05) is 113 Å². The Labute approximate surface area is 288 Å². The lowest BCUT2D eigenvalue weighted by Crippen LogP contribution is -2.37. The Morgan fingerprint density at radius 1 is 0.652 bits per heavy atom. The molecule has 0 aromatic rings. The van der Waals surface area contributed by atoms with Gasteiger partial charge >= 0.3 is 21.6 Å². The molecule has 0 amide bonds. The second kappa shape index (κ2) is 25.1. The van der Waals surface area contributed by atoms with Crippen LogP contribution in [0.3, 0.4) is 0 Å². The number of carbonyl (C=O) groups is 1. The van der Waals surface area contributed by atoms with Crippen LogP contribution in [0.2, 0.25) is 0 Å². The minimum atomic E-state index is -4.60. The molecule has 0 aromatic carbocycles. The number of hydrogen-bond acceptors (Lipinski definition) is 8. The monoisotopic (exact) mass is 768 g/mol. The molecule has 0 spiro atoms. The van der Waals surface area contributed by atoms with Gasteiger partial charge in [-0.15, -0.1) is 0 Å². The van der Waals surface area contributed by atoms with Gasteiger partial charge in [-0.05, 0) is 6.42 Å². The average Bonchev–Trinajstić information content (AvgIpc) is 2.92. The SMILES string of the molecule is CCCCCCCCCCCCCCCCC(Br)C(=O)OC[C@H](COP(=O)(O)OCC[N+](C)(C)C)OP(=O)(O)OCC[N+](C)(C)C. The maximum atomic E-state index is 12.6. The zero-order chi connectivity index (χ0) is 35.1. The van der Waals surface area contributed by atoms with Crippen molar-refractivity contribution in [2.45, 2.75) is 114 Å². The van der Waals surface area contributed by atoms with Crippen LogP contribution in [-0.2, 0) is 36.8 Å². The van der Waals surface area contributed by atoms with Crippen LogP contribution in [0.25, 0.3) is 0 Å². The predicted molar refractivity (Wildman–Crippen MR) is 187 cm³/mol. The van der Waals surface area contributed by atoms with E-state index in [1.54, 1.807) is 0 Å². The highest BCUT2D eigenvalue weighted by Gasteiger charge is 2.32. The Morgan fingerprint density at radius 2 is 1.07 bits per heavy atom. The van der Waals surface area contributed by atoms with Crippen molar-refractivity contribution in [1.29, 1.82) is 0 Å². The summed E-state index contributed by atoms with van der Waals surface area (Å²) in [6, 6.07) is 0. The quantitative estimate of drug-likeness (QED) is 0.0245. The van der Waals surface area contributed by atoms with Crippen molar-refractivity contribution < 1.29 is 55.5 Å². The van der Waals surface area contributed by atoms with Crippen LogP contribution in [0, 0.1) is 0 Å². The lowest BCUT2D eigenvalue weighted by molar-refractivity contribution is -0.870. The molecule has 0 aliphatic heterocycles. The molecule has 0 rings (SSSR count). The summed E-state index contributed by atoms with van der Waals surface area (Å²) in [7, 11) is 2.30. The van der Waals surface area contributed by atoms with Crippen LogP contribution >= 0.6 is 31.6 Å². The van der Waals surface area contributed by atoms with Crippen LogP contribution in [0.1, 0.15) is 103 Å². The number of likely N-dealkylation sites (N-methyl/N-ethyl adjacent to an activating group) is 2. The Morgan fingerprint density at radius 3 is 1.50 bits per heavy atom. The van der Waals surface area contributed by atoms with Gasteiger partial charge < -0.3 is 23.5 Å². The number of phosphoric acid groups is 2. The first-order valence-corrected chi connectivity index (χ1v) is 21.0. The van der Waals surface area contributed by atoms with Crippen molar-refractivity contribution in [3.63, 3.8) is 0 Å². The zero-order valence-corrected chi connectivity index (χ0v) is 33.2. The molecule has 0 radical (unpaired) electrons. The third kappa shape index (κ3) is 30.2. The molecule has 0 fully saturated rings. The predicted octanol–water partition coefficient (Wildman–Crippen LogP) is 7.21. The van der Waals surface area contributed by atoms with Gasteiger partial charge in [-0.3, -0.25) is 22.9 Å². The van der Waals surface area contributed by atoms with Crippen molar-refractivity contribution in [2.24, 2.45) is 0 Å². The van der Waals surface area contributed by atoms with Gasteiger partial charge in [0.15, 0.2) is 0 Å². The molecular formula is C31H67BrN2O10P2+2. The van der Waals surface area contributed by atoms with Crippen LogP contribution < -0.4 is 0 Å². The van der Waals surface area contributed by atoms with Gasteiger partial charge in [0.1, 0.15) is 43.8 Å². The third-order valence-corrected chi connectivity index (χ3v) is 10.1. The highest BCUT2D eigenvalue weighted by molar-refractivity contribution is 9.10. The van der Waals surface area contributed by atoms with Gasteiger partial charge in [0.05, 0.1) is 48.9 Å². The van der Waals surface area contributed by atoms with E-state index >= 15 is 0 Å². The van der Waals surface area contributed by atoms with E-state index < -0.39 is 45.8 Å².